The van der Waals surface area contributed by atoms with Gasteiger partial charge in [0.15, 0.2) is 0 Å². The Morgan fingerprint density at radius 1 is 1.17 bits per heavy atom. The Kier molecular flexibility index (Phi) is 6.15. The molecule has 6 heteroatoms. The molecule has 0 saturated carbocycles. The summed E-state index contributed by atoms with van der Waals surface area (Å²) in [5.74, 6) is 0. The summed E-state index contributed by atoms with van der Waals surface area (Å²) in [5, 5.41) is 0. The van der Waals surface area contributed by atoms with Gasteiger partial charge in [0, 0.05) is 21.3 Å². The molecule has 0 aromatic rings. The number of rotatable bonds is 6. The molecule has 1 atom stereocenters. The first-order chi connectivity index (χ1) is 5.64. The van der Waals surface area contributed by atoms with Gasteiger partial charge in [-0.2, -0.15) is 0 Å². The Labute approximate surface area is 80.0 Å². The van der Waals surface area contributed by atoms with Gasteiger partial charge >= 0.3 is 9.05 Å². The predicted octanol–water partition coefficient (Wildman–Crippen LogP) is 1.04. The SMILES string of the molecule is CCC(S)O[Si](OC)(OC)OC. The maximum Gasteiger partial charge on any atom is 0.679 e. The Morgan fingerprint density at radius 2 is 1.58 bits per heavy atom. The van der Waals surface area contributed by atoms with Crippen LogP contribution in [-0.4, -0.2) is 35.8 Å². The van der Waals surface area contributed by atoms with Gasteiger partial charge in [0.05, 0.1) is 5.44 Å². The monoisotopic (exact) mass is 212 g/mol. The molecule has 0 bridgehead atoms. The molecule has 0 rings (SSSR count). The first kappa shape index (κ1) is 12.4. The average Bonchev–Trinajstić information content (AvgIpc) is 2.14. The van der Waals surface area contributed by atoms with Crippen LogP contribution in [0.5, 0.6) is 0 Å². The molecule has 0 heterocycles. The Hall–Kier alpha value is 0.407. The maximum absolute atomic E-state index is 5.37. The van der Waals surface area contributed by atoms with Crippen molar-refractivity contribution in [3.8, 4) is 0 Å². The summed E-state index contributed by atoms with van der Waals surface area (Å²) < 4.78 is 20.5. The highest BCUT2D eigenvalue weighted by Gasteiger charge is 2.43. The molecule has 0 N–H and O–H groups in total. The van der Waals surface area contributed by atoms with Gasteiger partial charge in [0.2, 0.25) is 0 Å². The lowest BCUT2D eigenvalue weighted by Crippen LogP contribution is -2.48. The van der Waals surface area contributed by atoms with Crippen LogP contribution in [0.3, 0.4) is 0 Å². The fraction of sp³-hybridized carbons (Fsp3) is 1.00. The van der Waals surface area contributed by atoms with E-state index in [0.717, 1.165) is 6.42 Å². The highest BCUT2D eigenvalue weighted by atomic mass is 32.1. The van der Waals surface area contributed by atoms with Crippen molar-refractivity contribution in [3.05, 3.63) is 0 Å². The Bertz CT molecular complexity index is 112. The molecule has 0 aromatic heterocycles. The molecule has 0 spiro atoms. The van der Waals surface area contributed by atoms with Gasteiger partial charge in [0.1, 0.15) is 0 Å². The molecule has 12 heavy (non-hydrogen) atoms. The zero-order chi connectivity index (χ0) is 9.61. The van der Waals surface area contributed by atoms with Crippen molar-refractivity contribution in [2.24, 2.45) is 0 Å². The molecule has 0 aliphatic heterocycles. The van der Waals surface area contributed by atoms with Crippen molar-refractivity contribution in [1.29, 1.82) is 0 Å². The zero-order valence-electron chi connectivity index (χ0n) is 7.86. The fourth-order valence-corrected chi connectivity index (χ4v) is 2.32. The lowest BCUT2D eigenvalue weighted by atomic mass is 10.5. The van der Waals surface area contributed by atoms with Crippen LogP contribution in [0.4, 0.5) is 0 Å². The number of hydrogen-bond acceptors (Lipinski definition) is 5. The van der Waals surface area contributed by atoms with Crippen LogP contribution in [0.25, 0.3) is 0 Å². The van der Waals surface area contributed by atoms with E-state index in [4.69, 9.17) is 17.7 Å². The molecule has 0 radical (unpaired) electrons. The van der Waals surface area contributed by atoms with Crippen LogP contribution in [0, 0.1) is 0 Å². The second kappa shape index (κ2) is 5.95. The quantitative estimate of drug-likeness (QED) is 0.405. The summed E-state index contributed by atoms with van der Waals surface area (Å²) in [4.78, 5) is 0. The van der Waals surface area contributed by atoms with E-state index in [1.165, 1.54) is 21.3 Å². The summed E-state index contributed by atoms with van der Waals surface area (Å²) in [7, 11) is 1.61. The topological polar surface area (TPSA) is 36.9 Å². The van der Waals surface area contributed by atoms with Crippen LogP contribution in [-0.2, 0) is 17.7 Å². The standard InChI is InChI=1S/C6H16O4SSi/c1-5-6(11)10-12(7-2,8-3)9-4/h6,11H,5H2,1-4H3. The molecule has 0 aliphatic carbocycles. The average molecular weight is 212 g/mol. The van der Waals surface area contributed by atoms with Gasteiger partial charge in [-0.05, 0) is 6.42 Å². The zero-order valence-corrected chi connectivity index (χ0v) is 9.76. The minimum absolute atomic E-state index is 0.212. The molecule has 0 aromatic carbocycles. The maximum atomic E-state index is 5.37. The lowest BCUT2D eigenvalue weighted by Gasteiger charge is -2.25. The van der Waals surface area contributed by atoms with E-state index >= 15 is 0 Å². The van der Waals surface area contributed by atoms with E-state index in [1.54, 1.807) is 0 Å². The van der Waals surface area contributed by atoms with Crippen LogP contribution in [0.15, 0.2) is 0 Å². The van der Waals surface area contributed by atoms with Crippen molar-refractivity contribution in [2.45, 2.75) is 18.8 Å². The predicted molar refractivity (Wildman–Crippen MR) is 50.9 cm³/mol. The van der Waals surface area contributed by atoms with E-state index < -0.39 is 9.05 Å². The fourth-order valence-electron chi connectivity index (χ4n) is 0.644. The minimum atomic E-state index is -2.88. The minimum Gasteiger partial charge on any atom is -0.355 e. The smallest absolute Gasteiger partial charge is 0.355 e. The van der Waals surface area contributed by atoms with Gasteiger partial charge < -0.3 is 17.7 Å². The first-order valence-electron chi connectivity index (χ1n) is 3.65. The number of hydrogen-bond donors (Lipinski definition) is 1. The molecule has 4 nitrogen and oxygen atoms in total. The molecule has 1 unspecified atom stereocenters. The van der Waals surface area contributed by atoms with Crippen molar-refractivity contribution in [3.63, 3.8) is 0 Å². The highest BCUT2D eigenvalue weighted by molar-refractivity contribution is 7.80. The molecule has 0 aliphatic rings. The van der Waals surface area contributed by atoms with E-state index in [9.17, 15) is 0 Å². The third-order valence-electron chi connectivity index (χ3n) is 1.38. The van der Waals surface area contributed by atoms with Gasteiger partial charge in [-0.3, -0.25) is 0 Å². The summed E-state index contributed by atoms with van der Waals surface area (Å²) >= 11 is 4.16. The third kappa shape index (κ3) is 3.42. The summed E-state index contributed by atoms with van der Waals surface area (Å²) in [6, 6.07) is 0. The van der Waals surface area contributed by atoms with E-state index in [-0.39, 0.29) is 5.44 Å². The van der Waals surface area contributed by atoms with Crippen molar-refractivity contribution in [1.82, 2.24) is 0 Å². The molecule has 0 amide bonds. The molecule has 74 valence electrons. The van der Waals surface area contributed by atoms with Gasteiger partial charge in [-0.15, -0.1) is 12.6 Å². The molecule has 0 saturated heterocycles. The molecular weight excluding hydrogens is 196 g/mol. The lowest BCUT2D eigenvalue weighted by molar-refractivity contribution is -0.00135. The van der Waals surface area contributed by atoms with Crippen molar-refractivity contribution < 1.29 is 17.7 Å². The van der Waals surface area contributed by atoms with Crippen molar-refractivity contribution in [2.75, 3.05) is 21.3 Å². The van der Waals surface area contributed by atoms with E-state index in [1.807, 2.05) is 6.92 Å². The van der Waals surface area contributed by atoms with Crippen molar-refractivity contribution >= 4 is 21.7 Å². The third-order valence-corrected chi connectivity index (χ3v) is 4.12. The van der Waals surface area contributed by atoms with Gasteiger partial charge in [-0.25, -0.2) is 0 Å². The summed E-state index contributed by atoms with van der Waals surface area (Å²) in [6.45, 7) is 1.96. The summed E-state index contributed by atoms with van der Waals surface area (Å²) in [6.07, 6.45) is 0.772. The second-order valence-corrected chi connectivity index (χ2v) is 5.13. The normalized spacial score (nSPS) is 14.8. The highest BCUT2D eigenvalue weighted by Crippen LogP contribution is 2.14. The van der Waals surface area contributed by atoms with Crippen LogP contribution in [0.1, 0.15) is 13.3 Å². The van der Waals surface area contributed by atoms with Crippen LogP contribution >= 0.6 is 12.6 Å². The second-order valence-electron chi connectivity index (χ2n) is 2.09. The largest absolute Gasteiger partial charge is 0.679 e. The van der Waals surface area contributed by atoms with Crippen LogP contribution in [0.2, 0.25) is 0 Å². The van der Waals surface area contributed by atoms with E-state index in [2.05, 4.69) is 12.6 Å². The van der Waals surface area contributed by atoms with Crippen LogP contribution < -0.4 is 0 Å². The van der Waals surface area contributed by atoms with Gasteiger partial charge in [0.25, 0.3) is 0 Å². The Morgan fingerprint density at radius 3 is 1.83 bits per heavy atom. The molecule has 0 fully saturated rings. The van der Waals surface area contributed by atoms with Gasteiger partial charge in [-0.1, -0.05) is 6.92 Å². The Balaban J connectivity index is 4.09. The summed E-state index contributed by atoms with van der Waals surface area (Å²) in [5.41, 5.74) is -0.212. The molecular formula is C6H16O4SSi. The van der Waals surface area contributed by atoms with E-state index in [0.29, 0.717) is 0 Å². The first-order valence-corrected chi connectivity index (χ1v) is 5.80. The number of thiol groups is 1.